The fourth-order valence-corrected chi connectivity index (χ4v) is 2.88. The van der Waals surface area contributed by atoms with Crippen molar-refractivity contribution in [3.05, 3.63) is 26.6 Å². The van der Waals surface area contributed by atoms with Crippen LogP contribution in [0.3, 0.4) is 0 Å². The lowest BCUT2D eigenvalue weighted by atomic mass is 10.0. The molecule has 0 saturated heterocycles. The van der Waals surface area contributed by atoms with Crippen molar-refractivity contribution in [1.29, 1.82) is 0 Å². The highest BCUT2D eigenvalue weighted by Crippen LogP contribution is 2.36. The van der Waals surface area contributed by atoms with E-state index in [1.165, 1.54) is 6.07 Å². The number of hydrogen-bond acceptors (Lipinski definition) is 4. The Bertz CT molecular complexity index is 439. The van der Waals surface area contributed by atoms with Gasteiger partial charge in [0, 0.05) is 14.5 Å². The number of phenols is 1. The Labute approximate surface area is 133 Å². The Balaban J connectivity index is 0.00000324. The summed E-state index contributed by atoms with van der Waals surface area (Å²) in [6, 6.07) is 1.68. The largest absolute Gasteiger partial charge is 0.508 e. The Morgan fingerprint density at radius 1 is 1.53 bits per heavy atom. The number of benzene rings is 1. The zero-order chi connectivity index (χ0) is 13.9. The van der Waals surface area contributed by atoms with Gasteiger partial charge < -0.3 is 15.6 Å². The highest BCUT2D eigenvalue weighted by atomic mass is 79.9. The maximum Gasteiger partial charge on any atom is 0.342 e. The van der Waals surface area contributed by atoms with Gasteiger partial charge in [0.05, 0.1) is 12.6 Å². The Kier molecular flexibility index (Phi) is 7.88. The van der Waals surface area contributed by atoms with Gasteiger partial charge in [-0.1, -0.05) is 31.9 Å². The second-order valence-corrected chi connectivity index (χ2v) is 5.27. The predicted molar refractivity (Wildman–Crippen MR) is 79.2 cm³/mol. The Morgan fingerprint density at radius 3 is 2.58 bits per heavy atom. The van der Waals surface area contributed by atoms with Crippen LogP contribution in [0.5, 0.6) is 5.75 Å². The van der Waals surface area contributed by atoms with Gasteiger partial charge in [0.2, 0.25) is 6.17 Å². The molecule has 0 heterocycles. The Morgan fingerprint density at radius 2 is 2.11 bits per heavy atom. The van der Waals surface area contributed by atoms with Crippen molar-refractivity contribution in [3.8, 4) is 5.75 Å². The highest BCUT2D eigenvalue weighted by Gasteiger charge is 2.31. The lowest BCUT2D eigenvalue weighted by Gasteiger charge is -2.18. The van der Waals surface area contributed by atoms with Crippen molar-refractivity contribution in [2.24, 2.45) is 5.73 Å². The molecule has 8 heteroatoms. The molecule has 1 aromatic rings. The normalized spacial score (nSPS) is 13.3. The van der Waals surface area contributed by atoms with Gasteiger partial charge in [0.25, 0.3) is 0 Å². The van der Waals surface area contributed by atoms with Crippen LogP contribution >= 0.6 is 44.3 Å². The van der Waals surface area contributed by atoms with Gasteiger partial charge in [-0.15, -0.1) is 12.4 Å². The average Bonchev–Trinajstić information content (AvgIpc) is 2.26. The van der Waals surface area contributed by atoms with Crippen LogP contribution in [0.2, 0.25) is 0 Å². The molecular formula is C11H13Br2ClFNO3. The average molecular weight is 421 g/mol. The van der Waals surface area contributed by atoms with Crippen LogP contribution in [0.4, 0.5) is 4.39 Å². The molecular weight excluding hydrogens is 408 g/mol. The molecule has 19 heavy (non-hydrogen) atoms. The van der Waals surface area contributed by atoms with Gasteiger partial charge in [0.15, 0.2) is 0 Å². The van der Waals surface area contributed by atoms with Crippen molar-refractivity contribution < 1.29 is 19.0 Å². The van der Waals surface area contributed by atoms with Crippen LogP contribution < -0.4 is 5.73 Å². The van der Waals surface area contributed by atoms with E-state index in [9.17, 15) is 14.3 Å². The number of aromatic hydroxyl groups is 1. The summed E-state index contributed by atoms with van der Waals surface area (Å²) in [5.41, 5.74) is 5.76. The second-order valence-electron chi connectivity index (χ2n) is 3.50. The summed E-state index contributed by atoms with van der Waals surface area (Å²) in [4.78, 5) is 11.3. The van der Waals surface area contributed by atoms with Gasteiger partial charge >= 0.3 is 5.97 Å². The molecule has 0 aliphatic rings. The monoisotopic (exact) mass is 419 g/mol. The number of phenolic OH excluding ortho intramolecular Hbond substituents is 1. The minimum Gasteiger partial charge on any atom is -0.508 e. The summed E-state index contributed by atoms with van der Waals surface area (Å²) in [7, 11) is 0. The van der Waals surface area contributed by atoms with Crippen molar-refractivity contribution in [2.75, 3.05) is 6.61 Å². The summed E-state index contributed by atoms with van der Waals surface area (Å²) in [5.74, 6) is -1.24. The fraction of sp³-hybridized carbons (Fsp3) is 0.364. The molecule has 1 aromatic carbocycles. The van der Waals surface area contributed by atoms with E-state index in [0.717, 1.165) is 0 Å². The molecule has 3 N–H and O–H groups in total. The molecule has 4 nitrogen and oxygen atoms in total. The van der Waals surface area contributed by atoms with E-state index in [1.807, 2.05) is 0 Å². The third-order valence-electron chi connectivity index (χ3n) is 2.23. The number of carbonyl (C=O) groups is 1. The van der Waals surface area contributed by atoms with Crippen molar-refractivity contribution in [3.63, 3.8) is 0 Å². The van der Waals surface area contributed by atoms with Gasteiger partial charge in [-0.25, -0.2) is 9.18 Å². The standard InChI is InChI=1S/C11H12Br2FNO3.ClH/c1-2-18-11(17)9(14)10(15)8-6(13)3-5(12)4-7(8)16;/h3-4,9-10,16H,2,15H2,1H3;1H/t9?,10-;/m1./s1. The number of halogens is 4. The lowest BCUT2D eigenvalue weighted by Crippen LogP contribution is -2.31. The lowest BCUT2D eigenvalue weighted by molar-refractivity contribution is -0.149. The number of ether oxygens (including phenoxy) is 1. The first-order valence-electron chi connectivity index (χ1n) is 5.12. The molecule has 108 valence electrons. The number of esters is 1. The van der Waals surface area contributed by atoms with E-state index in [2.05, 4.69) is 36.6 Å². The van der Waals surface area contributed by atoms with Crippen LogP contribution in [-0.4, -0.2) is 23.9 Å². The minimum atomic E-state index is -2.03. The molecule has 0 aliphatic carbocycles. The second kappa shape index (κ2) is 8.04. The van der Waals surface area contributed by atoms with E-state index < -0.39 is 18.2 Å². The van der Waals surface area contributed by atoms with Crippen molar-refractivity contribution >= 4 is 50.2 Å². The van der Waals surface area contributed by atoms with Gasteiger partial charge in [0.1, 0.15) is 5.75 Å². The third kappa shape index (κ3) is 4.59. The van der Waals surface area contributed by atoms with Crippen LogP contribution in [0.15, 0.2) is 21.1 Å². The molecule has 0 radical (unpaired) electrons. The predicted octanol–water partition coefficient (Wildman–Crippen LogP) is 3.24. The summed E-state index contributed by atoms with van der Waals surface area (Å²) in [6.07, 6.45) is -2.03. The molecule has 0 spiro atoms. The summed E-state index contributed by atoms with van der Waals surface area (Å²) >= 11 is 6.34. The zero-order valence-corrected chi connectivity index (χ0v) is 13.9. The number of alkyl halides is 1. The van der Waals surface area contributed by atoms with Crippen LogP contribution in [-0.2, 0) is 9.53 Å². The van der Waals surface area contributed by atoms with E-state index in [4.69, 9.17) is 5.73 Å². The summed E-state index contributed by atoms with van der Waals surface area (Å²) in [5, 5.41) is 9.74. The molecule has 0 bridgehead atoms. The van der Waals surface area contributed by atoms with Gasteiger partial charge in [-0.3, -0.25) is 0 Å². The molecule has 2 atom stereocenters. The zero-order valence-electron chi connectivity index (χ0n) is 9.90. The number of rotatable bonds is 4. The summed E-state index contributed by atoms with van der Waals surface area (Å²) in [6.45, 7) is 1.64. The van der Waals surface area contributed by atoms with Gasteiger partial charge in [-0.2, -0.15) is 0 Å². The highest BCUT2D eigenvalue weighted by molar-refractivity contribution is 9.11. The number of hydrogen-bond donors (Lipinski definition) is 2. The molecule has 0 fully saturated rings. The SMILES string of the molecule is CCOC(=O)C(F)[C@H](N)c1c(O)cc(Br)cc1Br.Cl. The molecule has 1 rings (SSSR count). The van der Waals surface area contributed by atoms with E-state index in [0.29, 0.717) is 8.95 Å². The minimum absolute atomic E-state index is 0. The first kappa shape index (κ1) is 18.6. The molecule has 0 aromatic heterocycles. The fourth-order valence-electron chi connectivity index (χ4n) is 1.42. The van der Waals surface area contributed by atoms with E-state index >= 15 is 0 Å². The van der Waals surface area contributed by atoms with Crippen molar-refractivity contribution in [2.45, 2.75) is 19.1 Å². The van der Waals surface area contributed by atoms with E-state index in [-0.39, 0.29) is 30.3 Å². The third-order valence-corrected chi connectivity index (χ3v) is 3.35. The first-order chi connectivity index (χ1) is 8.38. The molecule has 0 saturated carbocycles. The molecule has 1 unspecified atom stereocenters. The van der Waals surface area contributed by atoms with Crippen LogP contribution in [0.25, 0.3) is 0 Å². The number of carbonyl (C=O) groups excluding carboxylic acids is 1. The molecule has 0 amide bonds. The molecule has 0 aliphatic heterocycles. The van der Waals surface area contributed by atoms with Crippen molar-refractivity contribution in [1.82, 2.24) is 0 Å². The maximum atomic E-state index is 13.8. The first-order valence-corrected chi connectivity index (χ1v) is 6.71. The van der Waals surface area contributed by atoms with Crippen LogP contribution in [0.1, 0.15) is 18.5 Å². The maximum absolute atomic E-state index is 13.8. The quantitative estimate of drug-likeness (QED) is 0.733. The Hall–Kier alpha value is -0.370. The number of nitrogens with two attached hydrogens (primary N) is 1. The topological polar surface area (TPSA) is 72.5 Å². The van der Waals surface area contributed by atoms with Crippen LogP contribution in [0, 0.1) is 0 Å². The van der Waals surface area contributed by atoms with E-state index in [1.54, 1.807) is 13.0 Å². The van der Waals surface area contributed by atoms with Gasteiger partial charge in [-0.05, 0) is 19.1 Å². The smallest absolute Gasteiger partial charge is 0.342 e. The summed E-state index contributed by atoms with van der Waals surface area (Å²) < 4.78 is 19.3.